The van der Waals surface area contributed by atoms with Gasteiger partial charge in [-0.1, -0.05) is 18.6 Å². The van der Waals surface area contributed by atoms with E-state index in [4.69, 9.17) is 5.73 Å². The van der Waals surface area contributed by atoms with E-state index in [-0.39, 0.29) is 30.3 Å². The summed E-state index contributed by atoms with van der Waals surface area (Å²) < 4.78 is 2.41. The van der Waals surface area contributed by atoms with Crippen molar-refractivity contribution >= 4 is 61.3 Å². The van der Waals surface area contributed by atoms with Crippen LogP contribution in [0.3, 0.4) is 0 Å². The van der Waals surface area contributed by atoms with Gasteiger partial charge in [0.25, 0.3) is 0 Å². The smallest absolute Gasteiger partial charge is 0.248 e. The molecule has 5 rings (SSSR count). The summed E-state index contributed by atoms with van der Waals surface area (Å²) in [6, 6.07) is 3.38. The van der Waals surface area contributed by atoms with Crippen LogP contribution in [0, 0.1) is 19.8 Å². The van der Waals surface area contributed by atoms with Gasteiger partial charge in [-0.05, 0) is 60.7 Å². The lowest BCUT2D eigenvalue weighted by molar-refractivity contribution is -0.139. The van der Waals surface area contributed by atoms with Gasteiger partial charge in [0.1, 0.15) is 35.0 Å². The van der Waals surface area contributed by atoms with Gasteiger partial charge in [-0.3, -0.25) is 14.6 Å². The number of hydrogen-bond acceptors (Lipinski definition) is 7. The van der Waals surface area contributed by atoms with Gasteiger partial charge in [-0.2, -0.15) is 0 Å². The molecule has 4 aromatic rings. The standard InChI is InChI=1S/C25H27BrN8O2/c1-12-5-14(3)22-16(6-12)21-23(27)29-11-30-24(21)33(22)10-20(35)34-15(4)13(2)7-17(34)25(36)32-19-9-28-8-18(26)31-19/h5-6,8-9,11,13,15,17H,7,10H2,1-4H3,(H2,27,29,30)(H,31,32,36)/t13-,15+,17-/m0/s1. The lowest BCUT2D eigenvalue weighted by Crippen LogP contribution is -2.47. The Hall–Kier alpha value is -3.60. The van der Waals surface area contributed by atoms with E-state index in [2.05, 4.69) is 54.2 Å². The van der Waals surface area contributed by atoms with E-state index < -0.39 is 6.04 Å². The molecule has 1 aliphatic heterocycles. The number of aromatic nitrogens is 5. The number of benzene rings is 1. The van der Waals surface area contributed by atoms with Gasteiger partial charge in [0.2, 0.25) is 11.8 Å². The fraction of sp³-hybridized carbons (Fsp3) is 0.360. The van der Waals surface area contributed by atoms with Crippen LogP contribution in [0.1, 0.15) is 31.4 Å². The van der Waals surface area contributed by atoms with Crippen LogP contribution in [0.5, 0.6) is 0 Å². The fourth-order valence-corrected chi connectivity index (χ4v) is 5.61. The minimum Gasteiger partial charge on any atom is -0.383 e. The Morgan fingerprint density at radius 3 is 2.72 bits per heavy atom. The first-order valence-electron chi connectivity index (χ1n) is 11.7. The highest BCUT2D eigenvalue weighted by atomic mass is 79.9. The quantitative estimate of drug-likeness (QED) is 0.396. The van der Waals surface area contributed by atoms with Gasteiger partial charge in [0, 0.05) is 11.4 Å². The second-order valence-electron chi connectivity index (χ2n) is 9.51. The molecule has 36 heavy (non-hydrogen) atoms. The molecule has 0 unspecified atom stereocenters. The molecule has 0 saturated carbocycles. The Morgan fingerprint density at radius 1 is 1.19 bits per heavy atom. The average Bonchev–Trinajstić information content (AvgIpc) is 3.29. The van der Waals surface area contributed by atoms with Crippen LogP contribution in [-0.4, -0.2) is 53.3 Å². The molecule has 10 nitrogen and oxygen atoms in total. The summed E-state index contributed by atoms with van der Waals surface area (Å²) in [7, 11) is 0. The zero-order valence-corrected chi connectivity index (χ0v) is 22.1. The van der Waals surface area contributed by atoms with E-state index in [1.807, 2.05) is 31.4 Å². The van der Waals surface area contributed by atoms with E-state index in [1.54, 1.807) is 4.90 Å². The number of nitrogen functional groups attached to an aromatic ring is 1. The first kappa shape index (κ1) is 24.1. The third-order valence-electron chi connectivity index (χ3n) is 7.03. The molecule has 1 aliphatic rings. The van der Waals surface area contributed by atoms with Gasteiger partial charge >= 0.3 is 0 Å². The van der Waals surface area contributed by atoms with Crippen LogP contribution < -0.4 is 11.1 Å². The number of carbonyl (C=O) groups excluding carboxylic acids is 2. The molecule has 1 aromatic carbocycles. The van der Waals surface area contributed by atoms with E-state index in [1.165, 1.54) is 18.7 Å². The van der Waals surface area contributed by atoms with E-state index in [0.717, 1.165) is 27.4 Å². The second kappa shape index (κ2) is 9.12. The lowest BCUT2D eigenvalue weighted by atomic mass is 10.0. The summed E-state index contributed by atoms with van der Waals surface area (Å²) in [6.07, 6.45) is 4.98. The van der Waals surface area contributed by atoms with Gasteiger partial charge in [0.05, 0.1) is 23.3 Å². The fourth-order valence-electron chi connectivity index (χ4n) is 5.30. The van der Waals surface area contributed by atoms with Crippen molar-refractivity contribution in [1.29, 1.82) is 0 Å². The molecule has 1 saturated heterocycles. The third-order valence-corrected chi connectivity index (χ3v) is 7.41. The zero-order valence-electron chi connectivity index (χ0n) is 20.5. The molecule has 11 heteroatoms. The van der Waals surface area contributed by atoms with E-state index in [0.29, 0.717) is 28.3 Å². The Labute approximate surface area is 216 Å². The maximum absolute atomic E-state index is 13.9. The number of likely N-dealkylation sites (tertiary alicyclic amines) is 1. The Morgan fingerprint density at radius 2 is 1.97 bits per heavy atom. The molecule has 0 bridgehead atoms. The number of nitrogens with zero attached hydrogens (tertiary/aromatic N) is 6. The number of aryl methyl sites for hydroxylation is 2. The van der Waals surface area contributed by atoms with Crippen LogP contribution in [-0.2, 0) is 16.1 Å². The van der Waals surface area contributed by atoms with Crippen LogP contribution >= 0.6 is 15.9 Å². The summed E-state index contributed by atoms with van der Waals surface area (Å²) in [6.45, 7) is 8.09. The van der Waals surface area contributed by atoms with Gasteiger partial charge < -0.3 is 20.5 Å². The van der Waals surface area contributed by atoms with Crippen LogP contribution in [0.2, 0.25) is 0 Å². The van der Waals surface area contributed by atoms with Gasteiger partial charge in [-0.25, -0.2) is 15.0 Å². The van der Waals surface area contributed by atoms with Gasteiger partial charge in [0.15, 0.2) is 5.82 Å². The molecule has 4 heterocycles. The topological polar surface area (TPSA) is 132 Å². The maximum atomic E-state index is 13.9. The highest BCUT2D eigenvalue weighted by Gasteiger charge is 2.43. The summed E-state index contributed by atoms with van der Waals surface area (Å²) >= 11 is 3.27. The molecule has 3 aromatic heterocycles. The monoisotopic (exact) mass is 550 g/mol. The number of nitrogens with two attached hydrogens (primary N) is 1. The van der Waals surface area contributed by atoms with Crippen LogP contribution in [0.25, 0.3) is 21.9 Å². The Balaban J connectivity index is 1.52. The van der Waals surface area contributed by atoms with Crippen molar-refractivity contribution in [1.82, 2.24) is 29.4 Å². The number of rotatable bonds is 4. The summed E-state index contributed by atoms with van der Waals surface area (Å²) in [5.41, 5.74) is 9.84. The van der Waals surface area contributed by atoms with E-state index in [9.17, 15) is 9.59 Å². The Kier molecular flexibility index (Phi) is 6.11. The van der Waals surface area contributed by atoms with Crippen molar-refractivity contribution in [3.63, 3.8) is 0 Å². The average molecular weight is 551 g/mol. The first-order valence-corrected chi connectivity index (χ1v) is 12.5. The molecule has 2 amide bonds. The molecule has 186 valence electrons. The number of carbonyl (C=O) groups is 2. The number of hydrogen-bond donors (Lipinski definition) is 2. The predicted molar refractivity (Wildman–Crippen MR) is 141 cm³/mol. The minimum atomic E-state index is -0.626. The highest BCUT2D eigenvalue weighted by Crippen LogP contribution is 2.35. The summed E-state index contributed by atoms with van der Waals surface area (Å²) in [4.78, 5) is 45.8. The molecule has 1 fully saturated rings. The van der Waals surface area contributed by atoms with Gasteiger partial charge in [-0.15, -0.1) is 0 Å². The molecule has 0 spiro atoms. The normalized spacial score (nSPS) is 19.8. The lowest BCUT2D eigenvalue weighted by Gasteiger charge is -2.29. The largest absolute Gasteiger partial charge is 0.383 e. The highest BCUT2D eigenvalue weighted by molar-refractivity contribution is 9.10. The van der Waals surface area contributed by atoms with Crippen molar-refractivity contribution in [2.75, 3.05) is 11.1 Å². The molecule has 0 radical (unpaired) electrons. The molecular formula is C25H27BrN8O2. The number of amides is 2. The third kappa shape index (κ3) is 4.06. The van der Waals surface area contributed by atoms with Crippen molar-refractivity contribution < 1.29 is 9.59 Å². The Bertz CT molecular complexity index is 1520. The molecule has 0 aliphatic carbocycles. The molecule has 3 N–H and O–H groups in total. The predicted octanol–water partition coefficient (Wildman–Crippen LogP) is 3.60. The molecular weight excluding hydrogens is 524 g/mol. The number of fused-ring (bicyclic) bond motifs is 3. The van der Waals surface area contributed by atoms with Crippen molar-refractivity contribution in [3.05, 3.63) is 46.6 Å². The minimum absolute atomic E-state index is 0.0257. The SMILES string of the molecule is Cc1cc(C)c2c(c1)c1c(N)ncnc1n2CC(=O)N1[C@H](C)[C@@H](C)C[C@H]1C(=O)Nc1cncc(Br)n1. The second-order valence-corrected chi connectivity index (χ2v) is 10.3. The maximum Gasteiger partial charge on any atom is 0.248 e. The van der Waals surface area contributed by atoms with Crippen molar-refractivity contribution in [2.45, 2.75) is 52.7 Å². The van der Waals surface area contributed by atoms with Crippen molar-refractivity contribution in [2.24, 2.45) is 5.92 Å². The first-order chi connectivity index (χ1) is 17.2. The van der Waals surface area contributed by atoms with E-state index >= 15 is 0 Å². The van der Waals surface area contributed by atoms with Crippen molar-refractivity contribution in [3.8, 4) is 0 Å². The summed E-state index contributed by atoms with van der Waals surface area (Å²) in [5.74, 6) is 0.404. The summed E-state index contributed by atoms with van der Waals surface area (Å²) in [5, 5.41) is 4.46. The number of halogens is 1. The number of nitrogens with one attached hydrogen (secondary N) is 1. The van der Waals surface area contributed by atoms with Crippen LogP contribution in [0.15, 0.2) is 35.5 Å². The molecule has 3 atom stereocenters. The van der Waals surface area contributed by atoms with Crippen LogP contribution in [0.4, 0.5) is 11.6 Å². The number of anilines is 2. The zero-order chi connectivity index (χ0) is 25.7.